The van der Waals surface area contributed by atoms with Crippen LogP contribution in [0.1, 0.15) is 34.5 Å². The Kier molecular flexibility index (Phi) is 11.8. The van der Waals surface area contributed by atoms with Gasteiger partial charge in [0.1, 0.15) is 71.8 Å². The maximum Gasteiger partial charge on any atom is 0.229 e. The van der Waals surface area contributed by atoms with Gasteiger partial charge in [0.15, 0.2) is 35.2 Å². The molecule has 7 rings (SSSR count). The van der Waals surface area contributed by atoms with E-state index in [2.05, 4.69) is 0 Å². The number of aliphatic hydroxyl groups excluding tert-OH is 8. The molecular formula is C40H42O18. The van der Waals surface area contributed by atoms with Crippen molar-refractivity contribution in [3.63, 3.8) is 0 Å². The third kappa shape index (κ3) is 8.43. The predicted octanol–water partition coefficient (Wildman–Crippen LogP) is 0.291. The summed E-state index contributed by atoms with van der Waals surface area (Å²) in [5, 5.41) is 122. The Hall–Kier alpha value is -5.38. The molecule has 0 aromatic heterocycles. The largest absolute Gasteiger partial charge is 0.508 e. The number of fused-ring (bicyclic) bond motifs is 1. The highest BCUT2D eigenvalue weighted by Gasteiger charge is 2.46. The van der Waals surface area contributed by atoms with Gasteiger partial charge in [0, 0.05) is 23.3 Å². The molecule has 12 N–H and O–H groups in total. The summed E-state index contributed by atoms with van der Waals surface area (Å²) in [5.74, 6) is -0.792. The summed E-state index contributed by atoms with van der Waals surface area (Å²) >= 11 is 0. The zero-order valence-corrected chi connectivity index (χ0v) is 30.2. The van der Waals surface area contributed by atoms with Gasteiger partial charge in [0.05, 0.1) is 13.2 Å². The van der Waals surface area contributed by atoms with Crippen molar-refractivity contribution in [2.75, 3.05) is 13.2 Å². The molecule has 0 bridgehead atoms. The van der Waals surface area contributed by atoms with Gasteiger partial charge in [-0.05, 0) is 59.7 Å². The fraction of sp³-hybridized carbons (Fsp3) is 0.350. The lowest BCUT2D eigenvalue weighted by Crippen LogP contribution is -2.60. The van der Waals surface area contributed by atoms with Crippen molar-refractivity contribution in [3.8, 4) is 46.0 Å². The lowest BCUT2D eigenvalue weighted by Gasteiger charge is -2.39. The van der Waals surface area contributed by atoms with Crippen LogP contribution in [0.3, 0.4) is 0 Å². The Bertz CT molecular complexity index is 2110. The quantitative estimate of drug-likeness (QED) is 0.0757. The smallest absolute Gasteiger partial charge is 0.229 e. The van der Waals surface area contributed by atoms with E-state index >= 15 is 0 Å². The molecule has 3 aliphatic rings. The van der Waals surface area contributed by atoms with Gasteiger partial charge in [0.25, 0.3) is 0 Å². The SMILES string of the molecule is OC[C@H]1O[C@@H](Oc2cc(O)cc(/C=C/c3ccc4c(c3)O[C@H](c3ccc(O)c(O)c3)[C@@H](c3cc(O)cc(O[C@@H]5O[C@H](CO)[C@@H](O)[C@H](O)[C@H]5O)c3)O4)c2)[C@H](O)[C@@H](O)[C@@H]1O. The van der Waals surface area contributed by atoms with Crippen LogP contribution in [0.25, 0.3) is 12.2 Å². The summed E-state index contributed by atoms with van der Waals surface area (Å²) in [5.41, 5.74) is 1.69. The molecule has 12 atom stereocenters. The number of hydrogen-bond donors (Lipinski definition) is 12. The number of aliphatic hydroxyl groups is 8. The number of benzene rings is 4. The molecule has 18 heteroatoms. The molecule has 3 aliphatic heterocycles. The second-order valence-electron chi connectivity index (χ2n) is 14.0. The van der Waals surface area contributed by atoms with Gasteiger partial charge in [-0.15, -0.1) is 0 Å². The average Bonchev–Trinajstić information content (AvgIpc) is 3.20. The van der Waals surface area contributed by atoms with Crippen LogP contribution in [0.15, 0.2) is 72.8 Å². The number of phenols is 4. The Labute approximate surface area is 329 Å². The van der Waals surface area contributed by atoms with Crippen molar-refractivity contribution < 1.29 is 89.7 Å². The van der Waals surface area contributed by atoms with Crippen LogP contribution in [0.2, 0.25) is 0 Å². The second kappa shape index (κ2) is 16.8. The molecule has 0 aliphatic carbocycles. The van der Waals surface area contributed by atoms with Crippen LogP contribution in [-0.4, -0.2) is 136 Å². The Morgan fingerprint density at radius 3 is 1.64 bits per heavy atom. The van der Waals surface area contributed by atoms with E-state index in [-0.39, 0.29) is 45.8 Å². The number of hydrogen-bond acceptors (Lipinski definition) is 18. The molecule has 0 unspecified atom stereocenters. The van der Waals surface area contributed by atoms with Crippen LogP contribution < -0.4 is 18.9 Å². The van der Waals surface area contributed by atoms with E-state index in [1.54, 1.807) is 30.4 Å². The predicted molar refractivity (Wildman–Crippen MR) is 197 cm³/mol. The lowest BCUT2D eigenvalue weighted by atomic mass is 9.95. The first-order valence-corrected chi connectivity index (χ1v) is 18.0. The first-order chi connectivity index (χ1) is 27.7. The molecule has 58 heavy (non-hydrogen) atoms. The molecule has 4 aromatic carbocycles. The molecule has 2 saturated heterocycles. The van der Waals surface area contributed by atoms with Gasteiger partial charge >= 0.3 is 0 Å². The van der Waals surface area contributed by atoms with Gasteiger partial charge in [-0.2, -0.15) is 0 Å². The minimum absolute atomic E-state index is 0.0461. The van der Waals surface area contributed by atoms with Gasteiger partial charge in [-0.3, -0.25) is 0 Å². The summed E-state index contributed by atoms with van der Waals surface area (Å²) in [4.78, 5) is 0. The Morgan fingerprint density at radius 1 is 0.483 bits per heavy atom. The highest BCUT2D eigenvalue weighted by molar-refractivity contribution is 5.72. The third-order valence-electron chi connectivity index (χ3n) is 9.90. The highest BCUT2D eigenvalue weighted by Crippen LogP contribution is 2.48. The minimum Gasteiger partial charge on any atom is -0.508 e. The maximum absolute atomic E-state index is 10.7. The van der Waals surface area contributed by atoms with Crippen LogP contribution in [-0.2, 0) is 9.47 Å². The molecule has 2 fully saturated rings. The fourth-order valence-corrected chi connectivity index (χ4v) is 6.82. The minimum atomic E-state index is -1.72. The number of aromatic hydroxyl groups is 4. The molecular weight excluding hydrogens is 768 g/mol. The van der Waals surface area contributed by atoms with Gasteiger partial charge in [-0.25, -0.2) is 0 Å². The van der Waals surface area contributed by atoms with Crippen molar-refractivity contribution in [1.82, 2.24) is 0 Å². The standard InChI is InChI=1S/C40H42O18/c41-15-29-31(47)33(49)35(51)39(57-29)53-23-8-18(7-21(43)13-23)2-1-17-3-6-27-28(9-17)56-37(19-4-5-25(45)26(46)12-19)38(55-27)20-10-22(44)14-24(11-20)54-40-36(52)34(50)32(48)30(16-42)58-40/h1-14,29-52H,15-16H2/b2-1+/t29-,30-,31-,32-,33+,34+,35-,36-,37-,38-,39-,40-/m1/s1. The summed E-state index contributed by atoms with van der Waals surface area (Å²) in [6.07, 6.45) is -14.1. The molecule has 0 spiro atoms. The highest BCUT2D eigenvalue weighted by atomic mass is 16.7. The van der Waals surface area contributed by atoms with E-state index in [0.717, 1.165) is 0 Å². The van der Waals surface area contributed by atoms with Crippen LogP contribution in [0.4, 0.5) is 0 Å². The van der Waals surface area contributed by atoms with Gasteiger partial charge in [0.2, 0.25) is 12.6 Å². The molecule has 4 aromatic rings. The Morgan fingerprint density at radius 2 is 1.03 bits per heavy atom. The number of rotatable bonds is 10. The van der Waals surface area contributed by atoms with Crippen molar-refractivity contribution in [3.05, 3.63) is 95.1 Å². The monoisotopic (exact) mass is 810 g/mol. The van der Waals surface area contributed by atoms with Gasteiger partial charge < -0.3 is 89.7 Å². The summed E-state index contributed by atoms with van der Waals surface area (Å²) in [7, 11) is 0. The lowest BCUT2D eigenvalue weighted by molar-refractivity contribution is -0.277. The molecule has 0 amide bonds. The van der Waals surface area contributed by atoms with E-state index in [1.807, 2.05) is 0 Å². The second-order valence-corrected chi connectivity index (χ2v) is 14.0. The zero-order valence-electron chi connectivity index (χ0n) is 30.2. The summed E-state index contributed by atoms with van der Waals surface area (Å²) < 4.78 is 35.2. The van der Waals surface area contributed by atoms with E-state index in [1.165, 1.54) is 54.6 Å². The van der Waals surface area contributed by atoms with E-state index < -0.39 is 92.6 Å². The molecule has 3 heterocycles. The fourth-order valence-electron chi connectivity index (χ4n) is 6.82. The van der Waals surface area contributed by atoms with Crippen LogP contribution in [0.5, 0.6) is 46.0 Å². The van der Waals surface area contributed by atoms with Crippen LogP contribution in [0, 0.1) is 0 Å². The number of phenolic OH excluding ortho intramolecular Hbond substituents is 4. The van der Waals surface area contributed by atoms with Crippen molar-refractivity contribution in [2.24, 2.45) is 0 Å². The molecule has 0 radical (unpaired) electrons. The summed E-state index contributed by atoms with van der Waals surface area (Å²) in [6, 6.07) is 17.2. The molecule has 18 nitrogen and oxygen atoms in total. The van der Waals surface area contributed by atoms with E-state index in [4.69, 9.17) is 28.4 Å². The summed E-state index contributed by atoms with van der Waals surface area (Å²) in [6.45, 7) is -1.32. The normalized spacial score (nSPS) is 30.9. The van der Waals surface area contributed by atoms with Crippen molar-refractivity contribution in [2.45, 2.75) is 73.6 Å². The molecule has 310 valence electrons. The first-order valence-electron chi connectivity index (χ1n) is 18.0. The van der Waals surface area contributed by atoms with Crippen LogP contribution >= 0.6 is 0 Å². The average molecular weight is 811 g/mol. The first kappa shape index (κ1) is 40.8. The number of ether oxygens (including phenoxy) is 6. The van der Waals surface area contributed by atoms with Gasteiger partial charge in [-0.1, -0.05) is 24.3 Å². The van der Waals surface area contributed by atoms with Crippen molar-refractivity contribution in [1.29, 1.82) is 0 Å². The zero-order chi connectivity index (χ0) is 41.4. The topological polar surface area (TPSA) is 298 Å². The molecule has 0 saturated carbocycles. The maximum atomic E-state index is 10.7. The van der Waals surface area contributed by atoms with E-state index in [0.29, 0.717) is 16.7 Å². The van der Waals surface area contributed by atoms with E-state index in [9.17, 15) is 61.3 Å². The third-order valence-corrected chi connectivity index (χ3v) is 9.90. The Balaban J connectivity index is 1.14. The van der Waals surface area contributed by atoms with Crippen molar-refractivity contribution >= 4 is 12.2 Å².